The third-order valence-corrected chi connectivity index (χ3v) is 4.62. The zero-order valence-electron chi connectivity index (χ0n) is 12.2. The minimum atomic E-state index is 0. The van der Waals surface area contributed by atoms with Gasteiger partial charge in [-0.2, -0.15) is 0 Å². The molecule has 0 radical (unpaired) electrons. The number of rotatable bonds is 4. The van der Waals surface area contributed by atoms with Gasteiger partial charge in [-0.05, 0) is 37.5 Å². The van der Waals surface area contributed by atoms with E-state index in [9.17, 15) is 0 Å². The van der Waals surface area contributed by atoms with Crippen LogP contribution in [0.25, 0.3) is 0 Å². The van der Waals surface area contributed by atoms with Crippen molar-refractivity contribution < 1.29 is 0 Å². The largest absolute Gasteiger partial charge is 0.356 e. The van der Waals surface area contributed by atoms with Crippen LogP contribution in [-0.2, 0) is 0 Å². The van der Waals surface area contributed by atoms with E-state index >= 15 is 0 Å². The molecule has 3 nitrogen and oxygen atoms in total. The van der Waals surface area contributed by atoms with Crippen LogP contribution in [0.15, 0.2) is 17.1 Å². The van der Waals surface area contributed by atoms with Crippen LogP contribution in [0.2, 0.25) is 0 Å². The van der Waals surface area contributed by atoms with Crippen LogP contribution in [0.3, 0.4) is 0 Å². The Labute approximate surface area is 134 Å². The van der Waals surface area contributed by atoms with Gasteiger partial charge >= 0.3 is 0 Å². The minimum Gasteiger partial charge on any atom is -0.356 e. The maximum Gasteiger partial charge on any atom is 0.191 e. The van der Waals surface area contributed by atoms with Crippen LogP contribution < -0.4 is 10.6 Å². The first-order valence-electron chi connectivity index (χ1n) is 7.40. The number of halogens is 1. The second-order valence-corrected chi connectivity index (χ2v) is 5.77. The van der Waals surface area contributed by atoms with Gasteiger partial charge in [-0.25, -0.2) is 0 Å². The van der Waals surface area contributed by atoms with Crippen LogP contribution in [0.1, 0.15) is 51.9 Å². The van der Waals surface area contributed by atoms with E-state index in [4.69, 9.17) is 0 Å². The average Bonchev–Trinajstić information content (AvgIpc) is 3.06. The van der Waals surface area contributed by atoms with E-state index in [2.05, 4.69) is 34.7 Å². The SMILES string of the molecule is CCC1(CNC(=NC)NC2CC=CC2)CCCC1.I. The van der Waals surface area contributed by atoms with E-state index < -0.39 is 0 Å². The first-order chi connectivity index (χ1) is 8.78. The smallest absolute Gasteiger partial charge is 0.191 e. The van der Waals surface area contributed by atoms with E-state index in [1.54, 1.807) is 0 Å². The Hall–Kier alpha value is -0.260. The second kappa shape index (κ2) is 8.12. The molecule has 2 N–H and O–H groups in total. The molecule has 0 bridgehead atoms. The van der Waals surface area contributed by atoms with Gasteiger partial charge < -0.3 is 10.6 Å². The summed E-state index contributed by atoms with van der Waals surface area (Å²) in [6.07, 6.45) is 13.6. The van der Waals surface area contributed by atoms with E-state index in [1.165, 1.54) is 32.1 Å². The molecule has 0 aromatic rings. The van der Waals surface area contributed by atoms with Gasteiger partial charge in [0.05, 0.1) is 0 Å². The standard InChI is InChI=1S/C15H27N3.HI/c1-3-15(10-6-7-11-15)12-17-14(16-2)18-13-8-4-5-9-13;/h4-5,13H,3,6-12H2,1-2H3,(H2,16,17,18);1H. The Balaban J connectivity index is 0.00000180. The molecule has 2 rings (SSSR count). The summed E-state index contributed by atoms with van der Waals surface area (Å²) in [7, 11) is 1.87. The zero-order valence-corrected chi connectivity index (χ0v) is 14.6. The average molecular weight is 377 g/mol. The molecule has 1 saturated carbocycles. The molecule has 0 spiro atoms. The van der Waals surface area contributed by atoms with Gasteiger partial charge in [0.15, 0.2) is 5.96 Å². The topological polar surface area (TPSA) is 36.4 Å². The van der Waals surface area contributed by atoms with Crippen molar-refractivity contribution >= 4 is 29.9 Å². The number of aliphatic imine (C=N–C) groups is 1. The second-order valence-electron chi connectivity index (χ2n) is 5.77. The summed E-state index contributed by atoms with van der Waals surface area (Å²) >= 11 is 0. The van der Waals surface area contributed by atoms with Crippen molar-refractivity contribution in [1.29, 1.82) is 0 Å². The lowest BCUT2D eigenvalue weighted by Gasteiger charge is -2.29. The van der Waals surface area contributed by atoms with E-state index in [0.717, 1.165) is 25.3 Å². The van der Waals surface area contributed by atoms with Crippen LogP contribution in [0.5, 0.6) is 0 Å². The molecule has 0 unspecified atom stereocenters. The van der Waals surface area contributed by atoms with Crippen molar-refractivity contribution in [2.75, 3.05) is 13.6 Å². The van der Waals surface area contributed by atoms with E-state index in [1.807, 2.05) is 7.05 Å². The van der Waals surface area contributed by atoms with E-state index in [-0.39, 0.29) is 24.0 Å². The van der Waals surface area contributed by atoms with E-state index in [0.29, 0.717) is 11.5 Å². The lowest BCUT2D eigenvalue weighted by Crippen LogP contribution is -2.46. The summed E-state index contributed by atoms with van der Waals surface area (Å²) in [6, 6.07) is 0.539. The summed E-state index contributed by atoms with van der Waals surface area (Å²) in [5, 5.41) is 7.05. The number of guanidine groups is 1. The molecule has 2 aliphatic rings. The number of hydrogen-bond donors (Lipinski definition) is 2. The molecule has 110 valence electrons. The van der Waals surface area contributed by atoms with Crippen LogP contribution in [0.4, 0.5) is 0 Å². The van der Waals surface area contributed by atoms with Gasteiger partial charge in [0, 0.05) is 19.6 Å². The summed E-state index contributed by atoms with van der Waals surface area (Å²) < 4.78 is 0. The predicted molar refractivity (Wildman–Crippen MR) is 93.3 cm³/mol. The maximum atomic E-state index is 4.34. The molecule has 0 aliphatic heterocycles. The fourth-order valence-electron chi connectivity index (χ4n) is 3.17. The van der Waals surface area contributed by atoms with Gasteiger partial charge in [0.1, 0.15) is 0 Å². The molecule has 0 saturated heterocycles. The molecule has 0 aromatic carbocycles. The Morgan fingerprint density at radius 3 is 2.42 bits per heavy atom. The number of nitrogens with zero attached hydrogens (tertiary/aromatic N) is 1. The quantitative estimate of drug-likeness (QED) is 0.341. The van der Waals surface area contributed by atoms with Crippen molar-refractivity contribution in [1.82, 2.24) is 10.6 Å². The third-order valence-electron chi connectivity index (χ3n) is 4.62. The van der Waals surface area contributed by atoms with Crippen molar-refractivity contribution in [3.05, 3.63) is 12.2 Å². The molecule has 19 heavy (non-hydrogen) atoms. The molecule has 0 aromatic heterocycles. The van der Waals surface area contributed by atoms with Crippen LogP contribution in [-0.4, -0.2) is 25.6 Å². The summed E-state index contributed by atoms with van der Waals surface area (Å²) in [6.45, 7) is 3.40. The monoisotopic (exact) mass is 377 g/mol. The molecule has 0 atom stereocenters. The number of hydrogen-bond acceptors (Lipinski definition) is 1. The molecule has 0 heterocycles. The van der Waals surface area contributed by atoms with Gasteiger partial charge in [-0.15, -0.1) is 24.0 Å². The highest BCUT2D eigenvalue weighted by atomic mass is 127. The summed E-state index contributed by atoms with van der Waals surface area (Å²) in [5.41, 5.74) is 0.519. The Kier molecular flexibility index (Phi) is 7.18. The first-order valence-corrected chi connectivity index (χ1v) is 7.40. The van der Waals surface area contributed by atoms with Crippen LogP contribution in [0, 0.1) is 5.41 Å². The number of nitrogens with one attached hydrogen (secondary N) is 2. The van der Waals surface area contributed by atoms with Crippen LogP contribution >= 0.6 is 24.0 Å². The molecular formula is C15H28IN3. The Bertz CT molecular complexity index is 311. The van der Waals surface area contributed by atoms with Crippen molar-refractivity contribution in [3.8, 4) is 0 Å². The lowest BCUT2D eigenvalue weighted by molar-refractivity contribution is 0.283. The Morgan fingerprint density at radius 2 is 1.89 bits per heavy atom. The highest BCUT2D eigenvalue weighted by Crippen LogP contribution is 2.40. The zero-order chi connectivity index (χ0) is 12.8. The van der Waals surface area contributed by atoms with Gasteiger partial charge in [0.25, 0.3) is 0 Å². The Morgan fingerprint density at radius 1 is 1.26 bits per heavy atom. The fourth-order valence-corrected chi connectivity index (χ4v) is 3.17. The van der Waals surface area contributed by atoms with Gasteiger partial charge in [-0.1, -0.05) is 31.9 Å². The normalized spacial score (nSPS) is 22.3. The molecular weight excluding hydrogens is 349 g/mol. The molecule has 2 aliphatic carbocycles. The van der Waals surface area contributed by atoms with Gasteiger partial charge in [0.2, 0.25) is 0 Å². The maximum absolute atomic E-state index is 4.34. The minimum absolute atomic E-state index is 0. The highest BCUT2D eigenvalue weighted by molar-refractivity contribution is 14.0. The predicted octanol–water partition coefficient (Wildman–Crippen LogP) is 3.46. The summed E-state index contributed by atoms with van der Waals surface area (Å²) in [4.78, 5) is 4.34. The van der Waals surface area contributed by atoms with Gasteiger partial charge in [-0.3, -0.25) is 4.99 Å². The molecule has 1 fully saturated rings. The molecule has 4 heteroatoms. The van der Waals surface area contributed by atoms with Crippen molar-refractivity contribution in [3.63, 3.8) is 0 Å². The third kappa shape index (κ3) is 4.65. The van der Waals surface area contributed by atoms with Crippen molar-refractivity contribution in [2.24, 2.45) is 10.4 Å². The van der Waals surface area contributed by atoms with Crippen molar-refractivity contribution in [2.45, 2.75) is 57.9 Å². The fraction of sp³-hybridized carbons (Fsp3) is 0.800. The summed E-state index contributed by atoms with van der Waals surface area (Å²) in [5.74, 6) is 0.975. The first kappa shape index (κ1) is 16.8. The highest BCUT2D eigenvalue weighted by Gasteiger charge is 2.32. The molecule has 0 amide bonds. The lowest BCUT2D eigenvalue weighted by atomic mass is 9.83.